The van der Waals surface area contributed by atoms with Crippen molar-refractivity contribution in [3.63, 3.8) is 0 Å². The molecule has 2 aromatic rings. The summed E-state index contributed by atoms with van der Waals surface area (Å²) in [7, 11) is 0. The standard InChI is InChI=1S/C11H9NO3/c1-6-2-3-7-8(4-6)12-5-9(13)10(7)11(14)15/h2-5,13H,1H3,(H,14,15). The molecular weight excluding hydrogens is 194 g/mol. The summed E-state index contributed by atoms with van der Waals surface area (Å²) in [4.78, 5) is 14.9. The zero-order valence-electron chi connectivity index (χ0n) is 8.06. The Labute approximate surface area is 85.8 Å². The molecule has 15 heavy (non-hydrogen) atoms. The largest absolute Gasteiger partial charge is 0.505 e. The molecule has 0 saturated heterocycles. The minimum absolute atomic E-state index is 0.0972. The maximum atomic E-state index is 10.9. The van der Waals surface area contributed by atoms with Crippen LogP contribution in [0, 0.1) is 6.92 Å². The van der Waals surface area contributed by atoms with Gasteiger partial charge in [-0.15, -0.1) is 0 Å². The van der Waals surface area contributed by atoms with Crippen LogP contribution in [0.15, 0.2) is 24.4 Å². The number of aromatic nitrogens is 1. The Morgan fingerprint density at radius 1 is 1.40 bits per heavy atom. The van der Waals surface area contributed by atoms with E-state index in [0.29, 0.717) is 10.9 Å². The molecule has 76 valence electrons. The number of carboxylic acids is 1. The van der Waals surface area contributed by atoms with E-state index in [9.17, 15) is 9.90 Å². The van der Waals surface area contributed by atoms with Gasteiger partial charge in [0.15, 0.2) is 0 Å². The normalized spacial score (nSPS) is 10.5. The number of benzene rings is 1. The van der Waals surface area contributed by atoms with Crippen molar-refractivity contribution >= 4 is 16.9 Å². The van der Waals surface area contributed by atoms with Crippen molar-refractivity contribution in [2.45, 2.75) is 6.92 Å². The number of hydrogen-bond donors (Lipinski definition) is 2. The molecule has 0 radical (unpaired) electrons. The third kappa shape index (κ3) is 1.50. The fourth-order valence-corrected chi connectivity index (χ4v) is 1.52. The van der Waals surface area contributed by atoms with Crippen LogP contribution in [0.1, 0.15) is 15.9 Å². The molecule has 2 rings (SSSR count). The fraction of sp³-hybridized carbons (Fsp3) is 0.0909. The van der Waals surface area contributed by atoms with Crippen LogP contribution in [-0.2, 0) is 0 Å². The van der Waals surface area contributed by atoms with Gasteiger partial charge in [0.25, 0.3) is 0 Å². The van der Waals surface area contributed by atoms with E-state index in [0.717, 1.165) is 11.8 Å². The third-order valence-electron chi connectivity index (χ3n) is 2.22. The molecule has 1 aromatic carbocycles. The maximum Gasteiger partial charge on any atom is 0.340 e. The van der Waals surface area contributed by atoms with Crippen molar-refractivity contribution in [1.29, 1.82) is 0 Å². The Morgan fingerprint density at radius 2 is 2.13 bits per heavy atom. The molecule has 0 aliphatic rings. The lowest BCUT2D eigenvalue weighted by molar-refractivity contribution is 0.0696. The lowest BCUT2D eigenvalue weighted by atomic mass is 10.1. The number of pyridine rings is 1. The Balaban J connectivity index is 2.88. The van der Waals surface area contributed by atoms with Crippen LogP contribution < -0.4 is 0 Å². The summed E-state index contributed by atoms with van der Waals surface area (Å²) in [5.74, 6) is -1.46. The number of carboxylic acid groups (broad SMARTS) is 1. The Kier molecular flexibility index (Phi) is 2.04. The van der Waals surface area contributed by atoms with E-state index in [4.69, 9.17) is 5.11 Å². The molecule has 1 heterocycles. The first-order valence-corrected chi connectivity index (χ1v) is 4.41. The van der Waals surface area contributed by atoms with E-state index in [-0.39, 0.29) is 11.3 Å². The van der Waals surface area contributed by atoms with Gasteiger partial charge in [0, 0.05) is 5.39 Å². The summed E-state index contributed by atoms with van der Waals surface area (Å²) < 4.78 is 0. The first kappa shape index (κ1) is 9.45. The second-order valence-corrected chi connectivity index (χ2v) is 3.34. The fourth-order valence-electron chi connectivity index (χ4n) is 1.52. The number of rotatable bonds is 1. The summed E-state index contributed by atoms with van der Waals surface area (Å²) in [6, 6.07) is 5.22. The number of nitrogens with zero attached hydrogens (tertiary/aromatic N) is 1. The molecule has 0 atom stereocenters. The van der Waals surface area contributed by atoms with Crippen molar-refractivity contribution in [3.8, 4) is 5.75 Å². The van der Waals surface area contributed by atoms with Crippen molar-refractivity contribution < 1.29 is 15.0 Å². The predicted molar refractivity (Wildman–Crippen MR) is 55.1 cm³/mol. The highest BCUT2D eigenvalue weighted by Crippen LogP contribution is 2.25. The minimum atomic E-state index is -1.15. The molecular formula is C11H9NO3. The predicted octanol–water partition coefficient (Wildman–Crippen LogP) is 1.95. The first-order chi connectivity index (χ1) is 7.09. The number of hydrogen-bond acceptors (Lipinski definition) is 3. The Hall–Kier alpha value is -2.10. The Morgan fingerprint density at radius 3 is 2.80 bits per heavy atom. The van der Waals surface area contributed by atoms with Gasteiger partial charge in [0.05, 0.1) is 11.7 Å². The molecule has 4 heteroatoms. The van der Waals surface area contributed by atoms with Crippen LogP contribution in [0.25, 0.3) is 10.9 Å². The molecule has 0 amide bonds. The average Bonchev–Trinajstić information content (AvgIpc) is 2.17. The van der Waals surface area contributed by atoms with Crippen LogP contribution >= 0.6 is 0 Å². The summed E-state index contributed by atoms with van der Waals surface area (Å²) in [5, 5.41) is 18.8. The van der Waals surface area contributed by atoms with Gasteiger partial charge in [-0.05, 0) is 18.6 Å². The molecule has 0 unspecified atom stereocenters. The second-order valence-electron chi connectivity index (χ2n) is 3.34. The number of carbonyl (C=O) groups is 1. The van der Waals surface area contributed by atoms with E-state index >= 15 is 0 Å². The van der Waals surface area contributed by atoms with Gasteiger partial charge in [0.1, 0.15) is 11.3 Å². The SMILES string of the molecule is Cc1ccc2c(C(=O)O)c(O)cnc2c1. The van der Waals surface area contributed by atoms with Crippen molar-refractivity contribution in [1.82, 2.24) is 4.98 Å². The zero-order chi connectivity index (χ0) is 11.0. The van der Waals surface area contributed by atoms with Gasteiger partial charge in [0.2, 0.25) is 0 Å². The van der Waals surface area contributed by atoms with Gasteiger partial charge in [-0.2, -0.15) is 0 Å². The monoisotopic (exact) mass is 203 g/mol. The number of aromatic hydroxyl groups is 1. The molecule has 0 aliphatic carbocycles. The molecule has 0 aliphatic heterocycles. The van der Waals surface area contributed by atoms with Gasteiger partial charge >= 0.3 is 5.97 Å². The topological polar surface area (TPSA) is 70.4 Å². The Bertz CT molecular complexity index is 549. The lowest BCUT2D eigenvalue weighted by Crippen LogP contribution is -1.99. The van der Waals surface area contributed by atoms with Crippen molar-refractivity contribution in [3.05, 3.63) is 35.5 Å². The molecule has 0 bridgehead atoms. The third-order valence-corrected chi connectivity index (χ3v) is 2.22. The molecule has 0 saturated carbocycles. The van der Waals surface area contributed by atoms with E-state index < -0.39 is 5.97 Å². The minimum Gasteiger partial charge on any atom is -0.505 e. The van der Waals surface area contributed by atoms with E-state index in [1.807, 2.05) is 6.92 Å². The summed E-state index contributed by atoms with van der Waals surface area (Å²) in [6.45, 7) is 1.90. The van der Waals surface area contributed by atoms with Crippen LogP contribution in [0.5, 0.6) is 5.75 Å². The van der Waals surface area contributed by atoms with Gasteiger partial charge in [-0.3, -0.25) is 4.98 Å². The molecule has 0 spiro atoms. The summed E-state index contributed by atoms with van der Waals surface area (Å²) in [6.07, 6.45) is 1.16. The van der Waals surface area contributed by atoms with Crippen LogP contribution in [0.4, 0.5) is 0 Å². The van der Waals surface area contributed by atoms with E-state index in [2.05, 4.69) is 4.98 Å². The first-order valence-electron chi connectivity index (χ1n) is 4.41. The lowest BCUT2D eigenvalue weighted by Gasteiger charge is -2.04. The van der Waals surface area contributed by atoms with E-state index in [1.54, 1.807) is 18.2 Å². The smallest absolute Gasteiger partial charge is 0.340 e. The molecule has 2 N–H and O–H groups in total. The van der Waals surface area contributed by atoms with Crippen LogP contribution in [0.2, 0.25) is 0 Å². The van der Waals surface area contributed by atoms with Crippen molar-refractivity contribution in [2.75, 3.05) is 0 Å². The van der Waals surface area contributed by atoms with Crippen LogP contribution in [-0.4, -0.2) is 21.2 Å². The number of aryl methyl sites for hydroxylation is 1. The van der Waals surface area contributed by atoms with Gasteiger partial charge in [-0.1, -0.05) is 12.1 Å². The second kappa shape index (κ2) is 3.24. The van der Waals surface area contributed by atoms with Gasteiger partial charge in [-0.25, -0.2) is 4.79 Å². The maximum absolute atomic E-state index is 10.9. The highest BCUT2D eigenvalue weighted by molar-refractivity contribution is 6.04. The average molecular weight is 203 g/mol. The quantitative estimate of drug-likeness (QED) is 0.743. The van der Waals surface area contributed by atoms with E-state index in [1.165, 1.54) is 0 Å². The summed E-state index contributed by atoms with van der Waals surface area (Å²) >= 11 is 0. The highest BCUT2D eigenvalue weighted by atomic mass is 16.4. The summed E-state index contributed by atoms with van der Waals surface area (Å²) in [5.41, 5.74) is 1.47. The number of fused-ring (bicyclic) bond motifs is 1. The molecule has 0 fully saturated rings. The highest BCUT2D eigenvalue weighted by Gasteiger charge is 2.14. The van der Waals surface area contributed by atoms with Crippen LogP contribution in [0.3, 0.4) is 0 Å². The molecule has 1 aromatic heterocycles. The molecule has 4 nitrogen and oxygen atoms in total. The zero-order valence-corrected chi connectivity index (χ0v) is 8.06. The van der Waals surface area contributed by atoms with Gasteiger partial charge < -0.3 is 10.2 Å². The van der Waals surface area contributed by atoms with Crippen molar-refractivity contribution in [2.24, 2.45) is 0 Å². The number of aromatic carboxylic acids is 1.